The molecule has 0 radical (unpaired) electrons. The van der Waals surface area contributed by atoms with E-state index in [-0.39, 0.29) is 11.8 Å². The first-order valence-corrected chi connectivity index (χ1v) is 11.3. The Labute approximate surface area is 201 Å². The molecule has 4 rings (SSSR count). The summed E-state index contributed by atoms with van der Waals surface area (Å²) in [5.41, 5.74) is 4.03. The zero-order chi connectivity index (χ0) is 23.7. The van der Waals surface area contributed by atoms with Crippen LogP contribution in [0.5, 0.6) is 0 Å². The number of amides is 2. The second-order valence-electron chi connectivity index (χ2n) is 8.00. The van der Waals surface area contributed by atoms with E-state index in [1.54, 1.807) is 32.5 Å². The molecule has 170 valence electrons. The van der Waals surface area contributed by atoms with Gasteiger partial charge in [-0.05, 0) is 44.0 Å². The lowest BCUT2D eigenvalue weighted by Gasteiger charge is -2.35. The molecule has 0 bridgehead atoms. The molecule has 3 heterocycles. The molecule has 0 unspecified atom stereocenters. The lowest BCUT2D eigenvalue weighted by Crippen LogP contribution is -2.50. The molecule has 0 saturated carbocycles. The zero-order valence-corrected chi connectivity index (χ0v) is 19.8. The summed E-state index contributed by atoms with van der Waals surface area (Å²) in [4.78, 5) is 33.6. The van der Waals surface area contributed by atoms with Gasteiger partial charge in [0.15, 0.2) is 5.65 Å². The molecule has 0 aliphatic carbocycles. The predicted octanol–water partition coefficient (Wildman–Crippen LogP) is 3.44. The quantitative estimate of drug-likeness (QED) is 0.565. The summed E-state index contributed by atoms with van der Waals surface area (Å²) in [6.07, 6.45) is 2.36. The molecule has 3 aromatic rings. The molecule has 1 aliphatic heterocycles. The van der Waals surface area contributed by atoms with Crippen LogP contribution in [0.2, 0.25) is 10.0 Å². The van der Waals surface area contributed by atoms with E-state index in [0.717, 1.165) is 17.0 Å². The first-order valence-electron chi connectivity index (χ1n) is 10.6. The van der Waals surface area contributed by atoms with Crippen LogP contribution < -0.4 is 0 Å². The van der Waals surface area contributed by atoms with E-state index in [1.165, 1.54) is 6.20 Å². The first-order chi connectivity index (χ1) is 15.8. The first kappa shape index (κ1) is 23.0. The third-order valence-corrected chi connectivity index (χ3v) is 6.38. The number of rotatable bonds is 4. The summed E-state index contributed by atoms with van der Waals surface area (Å²) in [7, 11) is 0. The normalized spacial score (nSPS) is 13.9. The molecule has 10 heteroatoms. The number of aryl methyl sites for hydroxylation is 2. The number of halogens is 2. The van der Waals surface area contributed by atoms with Crippen molar-refractivity contribution in [2.75, 3.05) is 26.2 Å². The van der Waals surface area contributed by atoms with E-state index in [4.69, 9.17) is 23.2 Å². The Morgan fingerprint density at radius 3 is 2.33 bits per heavy atom. The lowest BCUT2D eigenvalue weighted by atomic mass is 10.1. The van der Waals surface area contributed by atoms with E-state index in [9.17, 15) is 14.9 Å². The van der Waals surface area contributed by atoms with Crippen LogP contribution in [0.3, 0.4) is 0 Å². The molecule has 1 aliphatic rings. The van der Waals surface area contributed by atoms with Gasteiger partial charge in [-0.15, -0.1) is 0 Å². The molecule has 2 amide bonds. The molecule has 1 fully saturated rings. The van der Waals surface area contributed by atoms with Crippen molar-refractivity contribution in [1.82, 2.24) is 24.4 Å². The minimum atomic E-state index is -0.145. The van der Waals surface area contributed by atoms with Gasteiger partial charge >= 0.3 is 0 Å². The number of hydrogen-bond donors (Lipinski definition) is 0. The molecule has 0 spiro atoms. The second kappa shape index (κ2) is 9.38. The Hall–Kier alpha value is -3.15. The molecule has 0 atom stereocenters. The van der Waals surface area contributed by atoms with Crippen molar-refractivity contribution in [3.05, 3.63) is 62.5 Å². The average molecular weight is 485 g/mol. The van der Waals surface area contributed by atoms with Crippen LogP contribution in [0.15, 0.2) is 24.4 Å². The van der Waals surface area contributed by atoms with E-state index < -0.39 is 0 Å². The summed E-state index contributed by atoms with van der Waals surface area (Å²) in [6, 6.07) is 6.88. The molecule has 2 aromatic heterocycles. The van der Waals surface area contributed by atoms with E-state index in [0.29, 0.717) is 65.8 Å². The minimum Gasteiger partial charge on any atom is -0.339 e. The number of fused-ring (bicyclic) bond motifs is 1. The molecular formula is C23H22Cl2N6O2. The van der Waals surface area contributed by atoms with Gasteiger partial charge in [0.2, 0.25) is 5.91 Å². The fourth-order valence-corrected chi connectivity index (χ4v) is 4.69. The highest BCUT2D eigenvalue weighted by atomic mass is 35.5. The maximum Gasteiger partial charge on any atom is 0.254 e. The third-order valence-electron chi connectivity index (χ3n) is 5.95. The van der Waals surface area contributed by atoms with Crippen molar-refractivity contribution in [3.8, 4) is 6.07 Å². The summed E-state index contributed by atoms with van der Waals surface area (Å²) >= 11 is 12.0. The fourth-order valence-electron chi connectivity index (χ4n) is 4.16. The van der Waals surface area contributed by atoms with Crippen LogP contribution in [0, 0.1) is 25.2 Å². The second-order valence-corrected chi connectivity index (χ2v) is 8.87. The molecule has 1 saturated heterocycles. The van der Waals surface area contributed by atoms with Crippen LogP contribution in [-0.4, -0.2) is 62.4 Å². The van der Waals surface area contributed by atoms with E-state index in [2.05, 4.69) is 16.2 Å². The monoisotopic (exact) mass is 484 g/mol. The number of benzene rings is 1. The smallest absolute Gasteiger partial charge is 0.254 e. The van der Waals surface area contributed by atoms with Crippen molar-refractivity contribution in [3.63, 3.8) is 0 Å². The Balaban J connectivity index is 1.37. The Morgan fingerprint density at radius 1 is 1.06 bits per heavy atom. The lowest BCUT2D eigenvalue weighted by molar-refractivity contribution is -0.132. The average Bonchev–Trinajstić information content (AvgIpc) is 3.20. The number of piperazine rings is 1. The third kappa shape index (κ3) is 4.65. The van der Waals surface area contributed by atoms with Gasteiger partial charge in [-0.1, -0.05) is 23.2 Å². The zero-order valence-electron chi connectivity index (χ0n) is 18.3. The highest BCUT2D eigenvalue weighted by Gasteiger charge is 2.25. The Bertz CT molecular complexity index is 1270. The van der Waals surface area contributed by atoms with Crippen LogP contribution in [0.4, 0.5) is 0 Å². The molecule has 0 N–H and O–H groups in total. The maximum absolute atomic E-state index is 12.8. The molecule has 1 aromatic carbocycles. The summed E-state index contributed by atoms with van der Waals surface area (Å²) in [5, 5.41) is 14.3. The summed E-state index contributed by atoms with van der Waals surface area (Å²) in [6.45, 7) is 5.64. The van der Waals surface area contributed by atoms with Crippen molar-refractivity contribution >= 4 is 40.7 Å². The van der Waals surface area contributed by atoms with Crippen molar-refractivity contribution < 1.29 is 9.59 Å². The van der Waals surface area contributed by atoms with E-state index >= 15 is 0 Å². The Morgan fingerprint density at radius 2 is 1.70 bits per heavy atom. The standard InChI is InChI=1S/C23H22Cl2N6O2/c1-14-20(15(2)31-22(28-14)17(12-26)13-27-31)3-4-21(32)29-5-7-30(8-6-29)23(33)16-9-18(24)11-19(25)10-16/h9-11,13H,3-8H2,1-2H3. The number of nitrogens with zero attached hydrogens (tertiary/aromatic N) is 6. The Kier molecular flexibility index (Phi) is 6.54. The van der Waals surface area contributed by atoms with Gasteiger partial charge in [0.05, 0.1) is 6.20 Å². The van der Waals surface area contributed by atoms with Crippen LogP contribution >= 0.6 is 23.2 Å². The van der Waals surface area contributed by atoms with Gasteiger partial charge in [0.1, 0.15) is 11.6 Å². The van der Waals surface area contributed by atoms with Gasteiger partial charge in [-0.3, -0.25) is 9.59 Å². The number of carbonyl (C=O) groups is 2. The van der Waals surface area contributed by atoms with Crippen LogP contribution in [0.1, 0.15) is 39.3 Å². The van der Waals surface area contributed by atoms with Crippen LogP contribution in [-0.2, 0) is 11.2 Å². The van der Waals surface area contributed by atoms with Gasteiger partial charge in [-0.2, -0.15) is 10.4 Å². The van der Waals surface area contributed by atoms with Gasteiger partial charge in [0, 0.05) is 59.6 Å². The maximum atomic E-state index is 12.8. The minimum absolute atomic E-state index is 0.0324. The van der Waals surface area contributed by atoms with Crippen LogP contribution in [0.25, 0.3) is 5.65 Å². The molecule has 8 nitrogen and oxygen atoms in total. The van der Waals surface area contributed by atoms with Crippen molar-refractivity contribution in [2.45, 2.75) is 26.7 Å². The van der Waals surface area contributed by atoms with Gasteiger partial charge < -0.3 is 9.80 Å². The van der Waals surface area contributed by atoms with Crippen molar-refractivity contribution in [2.24, 2.45) is 0 Å². The number of hydrogen-bond acceptors (Lipinski definition) is 5. The number of aromatic nitrogens is 3. The summed E-state index contributed by atoms with van der Waals surface area (Å²) in [5.74, 6) is -0.113. The van der Waals surface area contributed by atoms with Crippen molar-refractivity contribution in [1.29, 1.82) is 5.26 Å². The molecular weight excluding hydrogens is 463 g/mol. The predicted molar refractivity (Wildman–Crippen MR) is 124 cm³/mol. The number of nitriles is 1. The molecule has 33 heavy (non-hydrogen) atoms. The van der Waals surface area contributed by atoms with E-state index in [1.807, 2.05) is 13.8 Å². The largest absolute Gasteiger partial charge is 0.339 e. The highest BCUT2D eigenvalue weighted by molar-refractivity contribution is 6.35. The SMILES string of the molecule is Cc1nc2c(C#N)cnn2c(C)c1CCC(=O)N1CCN(C(=O)c2cc(Cl)cc(Cl)c2)CC1. The summed E-state index contributed by atoms with van der Waals surface area (Å²) < 4.78 is 1.65. The number of carbonyl (C=O) groups excluding carboxylic acids is 2. The highest BCUT2D eigenvalue weighted by Crippen LogP contribution is 2.22. The topological polar surface area (TPSA) is 94.6 Å². The van der Waals surface area contributed by atoms with Gasteiger partial charge in [0.25, 0.3) is 5.91 Å². The van der Waals surface area contributed by atoms with Gasteiger partial charge in [-0.25, -0.2) is 9.50 Å². The fraction of sp³-hybridized carbons (Fsp3) is 0.348.